The number of nitrogens with zero attached hydrogens (tertiary/aromatic N) is 2. The third kappa shape index (κ3) is 4.57. The van der Waals surface area contributed by atoms with Gasteiger partial charge < -0.3 is 10.2 Å². The van der Waals surface area contributed by atoms with Crippen LogP contribution in [-0.4, -0.2) is 47.1 Å². The summed E-state index contributed by atoms with van der Waals surface area (Å²) in [5.74, 6) is 0. The molecule has 0 unspecified atom stereocenters. The third-order valence-corrected chi connectivity index (χ3v) is 4.60. The topological polar surface area (TPSA) is 18.5 Å². The zero-order chi connectivity index (χ0) is 16.4. The Morgan fingerprint density at radius 1 is 1.17 bits per heavy atom. The van der Waals surface area contributed by atoms with Crippen LogP contribution in [0.15, 0.2) is 24.3 Å². The van der Waals surface area contributed by atoms with Gasteiger partial charge in [0.2, 0.25) is 0 Å². The van der Waals surface area contributed by atoms with Crippen molar-refractivity contribution in [1.29, 1.82) is 0 Å². The molecule has 1 aliphatic carbocycles. The maximum absolute atomic E-state index is 12.8. The minimum atomic E-state index is -4.28. The zero-order valence-electron chi connectivity index (χ0n) is 12.8. The highest BCUT2D eigenvalue weighted by molar-refractivity contribution is 7.80. The molecule has 126 valence electrons. The molecule has 1 aliphatic heterocycles. The van der Waals surface area contributed by atoms with E-state index in [0.29, 0.717) is 18.2 Å². The summed E-state index contributed by atoms with van der Waals surface area (Å²) < 4.78 is 38.3. The van der Waals surface area contributed by atoms with Gasteiger partial charge in [-0.2, -0.15) is 13.2 Å². The highest BCUT2D eigenvalue weighted by Crippen LogP contribution is 2.29. The minimum absolute atomic E-state index is 0.542. The number of thiocarbonyl (C=S) groups is 1. The number of alkyl halides is 3. The van der Waals surface area contributed by atoms with Gasteiger partial charge in [0.15, 0.2) is 5.11 Å². The molecular formula is C16H20F3N3S. The summed E-state index contributed by atoms with van der Waals surface area (Å²) in [6.45, 7) is 3.79. The second-order valence-electron chi connectivity index (χ2n) is 6.19. The standard InChI is InChI=1S/C16H20F3N3S/c17-16(18,19)13-3-1-2-12(10-13)11-21-6-8-22(9-7-21)15(23)20-14-4-5-14/h1-3,10,14H,4-9,11H2,(H,20,23). The molecule has 1 aromatic carbocycles. The second-order valence-corrected chi connectivity index (χ2v) is 6.57. The summed E-state index contributed by atoms with van der Waals surface area (Å²) in [6.07, 6.45) is -1.90. The molecule has 0 radical (unpaired) electrons. The number of halogens is 3. The summed E-state index contributed by atoms with van der Waals surface area (Å²) in [5.41, 5.74) is 0.121. The lowest BCUT2D eigenvalue weighted by Crippen LogP contribution is -2.51. The van der Waals surface area contributed by atoms with E-state index in [9.17, 15) is 13.2 Å². The van der Waals surface area contributed by atoms with E-state index in [1.54, 1.807) is 6.07 Å². The third-order valence-electron chi connectivity index (χ3n) is 4.22. The first-order valence-corrected chi connectivity index (χ1v) is 8.26. The molecule has 3 rings (SSSR count). The summed E-state index contributed by atoms with van der Waals surface area (Å²) in [7, 11) is 0. The highest BCUT2D eigenvalue weighted by atomic mass is 32.1. The average molecular weight is 343 g/mol. The van der Waals surface area contributed by atoms with Crippen molar-refractivity contribution in [3.8, 4) is 0 Å². The summed E-state index contributed by atoms with van der Waals surface area (Å²) in [6, 6.07) is 6.13. The first-order chi connectivity index (χ1) is 10.9. The Labute approximate surface area is 139 Å². The SMILES string of the molecule is FC(F)(F)c1cccc(CN2CCN(C(=S)NC3CC3)CC2)c1. The van der Waals surface area contributed by atoms with E-state index < -0.39 is 11.7 Å². The smallest absolute Gasteiger partial charge is 0.360 e. The van der Waals surface area contributed by atoms with Gasteiger partial charge in [-0.3, -0.25) is 4.90 Å². The molecule has 2 aliphatic rings. The lowest BCUT2D eigenvalue weighted by atomic mass is 10.1. The van der Waals surface area contributed by atoms with E-state index in [4.69, 9.17) is 12.2 Å². The molecule has 3 nitrogen and oxygen atoms in total. The van der Waals surface area contributed by atoms with E-state index in [-0.39, 0.29) is 0 Å². The average Bonchev–Trinajstić information content (AvgIpc) is 3.31. The summed E-state index contributed by atoms with van der Waals surface area (Å²) >= 11 is 5.39. The molecule has 1 saturated carbocycles. The largest absolute Gasteiger partial charge is 0.416 e. The van der Waals surface area contributed by atoms with Crippen molar-refractivity contribution < 1.29 is 13.2 Å². The lowest BCUT2D eigenvalue weighted by Gasteiger charge is -2.36. The molecule has 1 N–H and O–H groups in total. The monoisotopic (exact) mass is 343 g/mol. The zero-order valence-corrected chi connectivity index (χ0v) is 13.6. The van der Waals surface area contributed by atoms with Crippen LogP contribution in [0, 0.1) is 0 Å². The van der Waals surface area contributed by atoms with Crippen molar-refractivity contribution in [3.63, 3.8) is 0 Å². The van der Waals surface area contributed by atoms with Crippen LogP contribution in [0.3, 0.4) is 0 Å². The maximum atomic E-state index is 12.8. The molecule has 23 heavy (non-hydrogen) atoms. The lowest BCUT2D eigenvalue weighted by molar-refractivity contribution is -0.137. The normalized spacial score (nSPS) is 19.7. The fourth-order valence-electron chi connectivity index (χ4n) is 2.71. The van der Waals surface area contributed by atoms with Crippen LogP contribution < -0.4 is 5.32 Å². The van der Waals surface area contributed by atoms with E-state index in [2.05, 4.69) is 15.1 Å². The quantitative estimate of drug-likeness (QED) is 0.851. The summed E-state index contributed by atoms with van der Waals surface area (Å²) in [5, 5.41) is 4.14. The fourth-order valence-corrected chi connectivity index (χ4v) is 3.06. The Morgan fingerprint density at radius 2 is 1.87 bits per heavy atom. The molecule has 1 aromatic rings. The Balaban J connectivity index is 1.51. The van der Waals surface area contributed by atoms with Gasteiger partial charge in [0.25, 0.3) is 0 Å². The first kappa shape index (κ1) is 16.5. The van der Waals surface area contributed by atoms with E-state index >= 15 is 0 Å². The van der Waals surface area contributed by atoms with Gasteiger partial charge in [0.1, 0.15) is 0 Å². The number of piperazine rings is 1. The van der Waals surface area contributed by atoms with Crippen molar-refractivity contribution in [2.45, 2.75) is 31.6 Å². The molecule has 2 fully saturated rings. The maximum Gasteiger partial charge on any atom is 0.416 e. The predicted molar refractivity (Wildman–Crippen MR) is 87.0 cm³/mol. The van der Waals surface area contributed by atoms with Crippen molar-refractivity contribution in [3.05, 3.63) is 35.4 Å². The van der Waals surface area contributed by atoms with Gasteiger partial charge in [0, 0.05) is 38.8 Å². The van der Waals surface area contributed by atoms with Crippen molar-refractivity contribution >= 4 is 17.3 Å². The fraction of sp³-hybridized carbons (Fsp3) is 0.562. The van der Waals surface area contributed by atoms with E-state index in [1.807, 2.05) is 0 Å². The van der Waals surface area contributed by atoms with Gasteiger partial charge in [-0.05, 0) is 36.7 Å². The van der Waals surface area contributed by atoms with Crippen LogP contribution in [0.1, 0.15) is 24.0 Å². The molecule has 0 bridgehead atoms. The second kappa shape index (κ2) is 6.65. The van der Waals surface area contributed by atoms with Crippen LogP contribution in [0.2, 0.25) is 0 Å². The number of hydrogen-bond donors (Lipinski definition) is 1. The van der Waals surface area contributed by atoms with E-state index in [0.717, 1.165) is 37.4 Å². The first-order valence-electron chi connectivity index (χ1n) is 7.86. The van der Waals surface area contributed by atoms with Gasteiger partial charge in [-0.1, -0.05) is 18.2 Å². The molecule has 0 aromatic heterocycles. The Bertz CT molecular complexity index is 564. The summed E-state index contributed by atoms with van der Waals surface area (Å²) in [4.78, 5) is 4.32. The highest BCUT2D eigenvalue weighted by Gasteiger charge is 2.30. The molecule has 7 heteroatoms. The molecule has 0 atom stereocenters. The van der Waals surface area contributed by atoms with Crippen LogP contribution in [0.4, 0.5) is 13.2 Å². The number of benzene rings is 1. The predicted octanol–water partition coefficient (Wildman–Crippen LogP) is 2.86. The molecular weight excluding hydrogens is 323 g/mol. The van der Waals surface area contributed by atoms with Crippen molar-refractivity contribution in [1.82, 2.24) is 15.1 Å². The van der Waals surface area contributed by atoms with Crippen LogP contribution >= 0.6 is 12.2 Å². The van der Waals surface area contributed by atoms with Gasteiger partial charge in [0.05, 0.1) is 5.56 Å². The Hall–Kier alpha value is -1.34. The van der Waals surface area contributed by atoms with Crippen molar-refractivity contribution in [2.24, 2.45) is 0 Å². The molecule has 0 spiro atoms. The molecule has 0 amide bonds. The van der Waals surface area contributed by atoms with Crippen LogP contribution in [0.25, 0.3) is 0 Å². The van der Waals surface area contributed by atoms with Crippen molar-refractivity contribution in [2.75, 3.05) is 26.2 Å². The number of nitrogens with one attached hydrogen (secondary N) is 1. The molecule has 1 saturated heterocycles. The minimum Gasteiger partial charge on any atom is -0.360 e. The van der Waals surface area contributed by atoms with E-state index in [1.165, 1.54) is 25.0 Å². The van der Waals surface area contributed by atoms with Gasteiger partial charge in [-0.25, -0.2) is 0 Å². The van der Waals surface area contributed by atoms with Crippen LogP contribution in [-0.2, 0) is 12.7 Å². The molecule has 1 heterocycles. The Morgan fingerprint density at radius 3 is 2.48 bits per heavy atom. The Kier molecular flexibility index (Phi) is 4.77. The van der Waals surface area contributed by atoms with Crippen LogP contribution in [0.5, 0.6) is 0 Å². The van der Waals surface area contributed by atoms with Gasteiger partial charge in [-0.15, -0.1) is 0 Å². The number of rotatable bonds is 3. The van der Waals surface area contributed by atoms with Gasteiger partial charge >= 0.3 is 6.18 Å². The number of hydrogen-bond acceptors (Lipinski definition) is 2.